The maximum atomic E-state index is 13.3. The molecule has 0 N–H and O–H groups in total. The number of nitrogens with zero attached hydrogens (tertiary/aromatic N) is 4. The van der Waals surface area contributed by atoms with Gasteiger partial charge in [0.2, 0.25) is 5.95 Å². The number of anilines is 2. The summed E-state index contributed by atoms with van der Waals surface area (Å²) >= 11 is 0. The first kappa shape index (κ1) is 16.4. The van der Waals surface area contributed by atoms with Crippen LogP contribution in [0.25, 0.3) is 11.1 Å². The molecule has 0 atom stereocenters. The van der Waals surface area contributed by atoms with Gasteiger partial charge >= 0.3 is 0 Å². The van der Waals surface area contributed by atoms with Crippen molar-refractivity contribution < 1.29 is 9.18 Å². The zero-order chi connectivity index (χ0) is 17.8. The number of halogens is 1. The summed E-state index contributed by atoms with van der Waals surface area (Å²) in [5, 5.41) is 0. The molecule has 2 aromatic carbocycles. The Balaban J connectivity index is 1.87. The molecule has 1 amide bonds. The standard InChI is InChI=1S/C19H15FN4O/c1-21-18(25)14-6-4-8-17(10-14)24(2)19-22-11-15(12-23-19)13-5-3-7-16(20)9-13/h3-12H,1H2,2H3. The van der Waals surface area contributed by atoms with Gasteiger partial charge in [-0.3, -0.25) is 4.79 Å². The van der Waals surface area contributed by atoms with Gasteiger partial charge in [-0.15, -0.1) is 0 Å². The van der Waals surface area contributed by atoms with E-state index in [-0.39, 0.29) is 5.82 Å². The summed E-state index contributed by atoms with van der Waals surface area (Å²) in [5.74, 6) is -0.245. The van der Waals surface area contributed by atoms with Gasteiger partial charge in [0.1, 0.15) is 5.82 Å². The number of hydrogen-bond acceptors (Lipinski definition) is 4. The fraction of sp³-hybridized carbons (Fsp3) is 0.0526. The van der Waals surface area contributed by atoms with E-state index in [4.69, 9.17) is 0 Å². The fourth-order valence-corrected chi connectivity index (χ4v) is 2.37. The van der Waals surface area contributed by atoms with E-state index in [1.54, 1.807) is 54.7 Å². The molecule has 0 bridgehead atoms. The number of benzene rings is 2. The third-order valence-corrected chi connectivity index (χ3v) is 3.72. The zero-order valence-electron chi connectivity index (χ0n) is 13.6. The smallest absolute Gasteiger partial charge is 0.276 e. The lowest BCUT2D eigenvalue weighted by Gasteiger charge is -2.17. The molecule has 0 saturated heterocycles. The molecule has 3 rings (SSSR count). The summed E-state index contributed by atoms with van der Waals surface area (Å²) in [6.07, 6.45) is 3.27. The molecular weight excluding hydrogens is 319 g/mol. The first-order valence-corrected chi connectivity index (χ1v) is 7.51. The molecule has 0 aliphatic rings. The second-order valence-corrected chi connectivity index (χ2v) is 5.35. The summed E-state index contributed by atoms with van der Waals surface area (Å²) in [4.78, 5) is 25.5. The van der Waals surface area contributed by atoms with Crippen LogP contribution in [0.1, 0.15) is 10.4 Å². The Morgan fingerprint density at radius 2 is 1.80 bits per heavy atom. The van der Waals surface area contributed by atoms with E-state index < -0.39 is 5.91 Å². The fourth-order valence-electron chi connectivity index (χ4n) is 2.37. The molecule has 0 aliphatic heterocycles. The molecule has 0 fully saturated rings. The van der Waals surface area contributed by atoms with Gasteiger partial charge in [-0.05, 0) is 42.6 Å². The third-order valence-electron chi connectivity index (χ3n) is 3.72. The number of hydrogen-bond donors (Lipinski definition) is 0. The summed E-state index contributed by atoms with van der Waals surface area (Å²) in [7, 11) is 1.79. The van der Waals surface area contributed by atoms with Crippen LogP contribution in [-0.4, -0.2) is 29.6 Å². The normalized spacial score (nSPS) is 10.3. The SMILES string of the molecule is C=NC(=O)c1cccc(N(C)c2ncc(-c3cccc(F)c3)cn2)c1. The molecule has 0 radical (unpaired) electrons. The number of aliphatic imine (C=N–C) groups is 1. The predicted molar refractivity (Wildman–Crippen MR) is 95.8 cm³/mol. The predicted octanol–water partition coefficient (Wildman–Crippen LogP) is 3.89. The number of amides is 1. The first-order chi connectivity index (χ1) is 12.1. The van der Waals surface area contributed by atoms with Crippen molar-refractivity contribution in [2.75, 3.05) is 11.9 Å². The van der Waals surface area contributed by atoms with E-state index in [1.807, 2.05) is 6.07 Å². The lowest BCUT2D eigenvalue weighted by molar-refractivity contribution is 0.100. The molecule has 0 unspecified atom stereocenters. The molecule has 124 valence electrons. The highest BCUT2D eigenvalue weighted by molar-refractivity contribution is 5.97. The van der Waals surface area contributed by atoms with E-state index in [9.17, 15) is 9.18 Å². The lowest BCUT2D eigenvalue weighted by atomic mass is 10.1. The molecule has 3 aromatic rings. The quantitative estimate of drug-likeness (QED) is 0.679. The Labute approximate surface area is 144 Å². The van der Waals surface area contributed by atoms with Crippen molar-refractivity contribution in [1.29, 1.82) is 0 Å². The van der Waals surface area contributed by atoms with Crippen LogP contribution < -0.4 is 4.90 Å². The summed E-state index contributed by atoms with van der Waals surface area (Å²) in [6, 6.07) is 13.2. The van der Waals surface area contributed by atoms with Crippen LogP contribution in [0.3, 0.4) is 0 Å². The minimum atomic E-state index is -0.391. The summed E-state index contributed by atoms with van der Waals surface area (Å²) < 4.78 is 13.3. The van der Waals surface area contributed by atoms with Gasteiger partial charge in [-0.2, -0.15) is 0 Å². The Morgan fingerprint density at radius 3 is 2.48 bits per heavy atom. The third kappa shape index (κ3) is 3.58. The van der Waals surface area contributed by atoms with Gasteiger partial charge in [0, 0.05) is 36.3 Å². The number of aromatic nitrogens is 2. The molecule has 0 aliphatic carbocycles. The highest BCUT2D eigenvalue weighted by Crippen LogP contribution is 2.24. The second-order valence-electron chi connectivity index (χ2n) is 5.35. The van der Waals surface area contributed by atoms with Crippen molar-refractivity contribution in [3.63, 3.8) is 0 Å². The van der Waals surface area contributed by atoms with Gasteiger partial charge in [0.25, 0.3) is 5.91 Å². The maximum Gasteiger partial charge on any atom is 0.276 e. The van der Waals surface area contributed by atoms with Crippen LogP contribution in [0.4, 0.5) is 16.0 Å². The Kier molecular flexibility index (Phi) is 4.61. The summed E-state index contributed by atoms with van der Waals surface area (Å²) in [6.45, 7) is 3.25. The number of rotatable bonds is 4. The minimum absolute atomic E-state index is 0.309. The Morgan fingerprint density at radius 1 is 1.08 bits per heavy atom. The molecule has 1 heterocycles. The number of carbonyl (C=O) groups excluding carboxylic acids is 1. The summed E-state index contributed by atoms with van der Waals surface area (Å²) in [5.41, 5.74) is 2.61. The van der Waals surface area contributed by atoms with Gasteiger partial charge in [0.15, 0.2) is 0 Å². The van der Waals surface area contributed by atoms with Crippen molar-refractivity contribution in [3.05, 3.63) is 72.3 Å². The van der Waals surface area contributed by atoms with Crippen LogP contribution in [0, 0.1) is 5.82 Å². The Bertz CT molecular complexity index is 925. The van der Waals surface area contributed by atoms with E-state index in [2.05, 4.69) is 21.7 Å². The van der Waals surface area contributed by atoms with Crippen LogP contribution in [0.2, 0.25) is 0 Å². The van der Waals surface area contributed by atoms with Crippen molar-refractivity contribution in [2.24, 2.45) is 4.99 Å². The monoisotopic (exact) mass is 334 g/mol. The number of carbonyl (C=O) groups is 1. The van der Waals surface area contributed by atoms with Crippen LogP contribution >= 0.6 is 0 Å². The lowest BCUT2D eigenvalue weighted by Crippen LogP contribution is -2.13. The Hall–Kier alpha value is -3.41. The van der Waals surface area contributed by atoms with Gasteiger partial charge in [-0.25, -0.2) is 19.4 Å². The van der Waals surface area contributed by atoms with Gasteiger partial charge in [-0.1, -0.05) is 18.2 Å². The van der Waals surface area contributed by atoms with E-state index in [1.165, 1.54) is 12.1 Å². The highest BCUT2D eigenvalue weighted by Gasteiger charge is 2.10. The average molecular weight is 334 g/mol. The zero-order valence-corrected chi connectivity index (χ0v) is 13.6. The highest BCUT2D eigenvalue weighted by atomic mass is 19.1. The first-order valence-electron chi connectivity index (χ1n) is 7.51. The molecule has 5 nitrogen and oxygen atoms in total. The minimum Gasteiger partial charge on any atom is -0.314 e. The van der Waals surface area contributed by atoms with Gasteiger partial charge < -0.3 is 4.90 Å². The maximum absolute atomic E-state index is 13.3. The molecular formula is C19H15FN4O. The van der Waals surface area contributed by atoms with Crippen molar-refractivity contribution >= 4 is 24.3 Å². The van der Waals surface area contributed by atoms with Crippen molar-refractivity contribution in [3.8, 4) is 11.1 Å². The van der Waals surface area contributed by atoms with Crippen LogP contribution in [-0.2, 0) is 0 Å². The van der Waals surface area contributed by atoms with Crippen LogP contribution in [0.15, 0.2) is 65.9 Å². The van der Waals surface area contributed by atoms with Crippen molar-refractivity contribution in [1.82, 2.24) is 9.97 Å². The van der Waals surface area contributed by atoms with Gasteiger partial charge in [0.05, 0.1) is 0 Å². The van der Waals surface area contributed by atoms with E-state index >= 15 is 0 Å². The molecule has 25 heavy (non-hydrogen) atoms. The largest absolute Gasteiger partial charge is 0.314 e. The molecule has 1 aromatic heterocycles. The molecule has 6 heteroatoms. The second kappa shape index (κ2) is 7.00. The molecule has 0 spiro atoms. The molecule has 0 saturated carbocycles. The van der Waals surface area contributed by atoms with E-state index in [0.29, 0.717) is 17.1 Å². The topological polar surface area (TPSA) is 58.5 Å². The van der Waals surface area contributed by atoms with E-state index in [0.717, 1.165) is 11.3 Å². The van der Waals surface area contributed by atoms with Crippen molar-refractivity contribution in [2.45, 2.75) is 0 Å². The average Bonchev–Trinajstić information content (AvgIpc) is 2.67. The van der Waals surface area contributed by atoms with Crippen LogP contribution in [0.5, 0.6) is 0 Å².